The second kappa shape index (κ2) is 5.98. The smallest absolute Gasteiger partial charge is 0.319 e. The van der Waals surface area contributed by atoms with Crippen LogP contribution >= 0.6 is 0 Å². The lowest BCUT2D eigenvalue weighted by atomic mass is 9.88. The third-order valence-corrected chi connectivity index (χ3v) is 3.41. The van der Waals surface area contributed by atoms with Crippen molar-refractivity contribution in [2.24, 2.45) is 5.73 Å². The Morgan fingerprint density at radius 2 is 2.11 bits per heavy atom. The molecule has 0 bridgehead atoms. The Kier molecular flexibility index (Phi) is 4.33. The molecule has 0 amide bonds. The first-order chi connectivity index (χ1) is 8.69. The summed E-state index contributed by atoms with van der Waals surface area (Å²) in [6.45, 7) is 1.96. The monoisotopic (exact) mass is 248 g/mol. The molecule has 0 aliphatic carbocycles. The highest BCUT2D eigenvalue weighted by Gasteiger charge is 2.27. The number of rotatable bonds is 3. The van der Waals surface area contributed by atoms with Crippen molar-refractivity contribution in [3.8, 4) is 0 Å². The number of hydrogen-bond donors (Lipinski definition) is 1. The number of likely N-dealkylation sites (tertiary alicyclic amines) is 1. The highest BCUT2D eigenvalue weighted by molar-refractivity contribution is 5.71. The Hall–Kier alpha value is -1.39. The summed E-state index contributed by atoms with van der Waals surface area (Å²) in [7, 11) is 1.42. The lowest BCUT2D eigenvalue weighted by Gasteiger charge is -2.35. The number of ether oxygens (including phenoxy) is 1. The van der Waals surface area contributed by atoms with E-state index in [-0.39, 0.29) is 12.0 Å². The predicted molar refractivity (Wildman–Crippen MR) is 70.2 cm³/mol. The summed E-state index contributed by atoms with van der Waals surface area (Å²) in [4.78, 5) is 13.4. The van der Waals surface area contributed by atoms with Gasteiger partial charge >= 0.3 is 5.97 Å². The van der Waals surface area contributed by atoms with Crippen LogP contribution in [0.15, 0.2) is 30.3 Å². The Labute approximate surface area is 108 Å². The van der Waals surface area contributed by atoms with E-state index in [1.165, 1.54) is 12.7 Å². The van der Waals surface area contributed by atoms with E-state index in [0.29, 0.717) is 12.5 Å². The van der Waals surface area contributed by atoms with Crippen LogP contribution in [0.25, 0.3) is 0 Å². The fourth-order valence-corrected chi connectivity index (χ4v) is 2.58. The number of carbonyl (C=O) groups excluding carboxylic acids is 1. The molecule has 0 saturated carbocycles. The van der Waals surface area contributed by atoms with Crippen molar-refractivity contribution in [2.45, 2.75) is 18.4 Å². The first-order valence-electron chi connectivity index (χ1n) is 6.28. The zero-order valence-electron chi connectivity index (χ0n) is 10.7. The van der Waals surface area contributed by atoms with Gasteiger partial charge in [-0.3, -0.25) is 9.69 Å². The van der Waals surface area contributed by atoms with E-state index >= 15 is 0 Å². The molecule has 1 aromatic rings. The van der Waals surface area contributed by atoms with Gasteiger partial charge in [0.15, 0.2) is 0 Å². The molecule has 2 atom stereocenters. The zero-order valence-corrected chi connectivity index (χ0v) is 10.7. The summed E-state index contributed by atoms with van der Waals surface area (Å²) in [6.07, 6.45) is 0.974. The maximum Gasteiger partial charge on any atom is 0.319 e. The number of methoxy groups -OCH3 is 1. The van der Waals surface area contributed by atoms with Crippen molar-refractivity contribution < 1.29 is 9.53 Å². The van der Waals surface area contributed by atoms with Gasteiger partial charge in [-0.1, -0.05) is 30.3 Å². The maximum atomic E-state index is 11.3. The first kappa shape index (κ1) is 13.1. The summed E-state index contributed by atoms with van der Waals surface area (Å²) in [5, 5.41) is 0. The highest BCUT2D eigenvalue weighted by atomic mass is 16.5. The number of nitrogens with two attached hydrogens (primary N) is 1. The molecule has 1 fully saturated rings. The van der Waals surface area contributed by atoms with Crippen LogP contribution in [0.4, 0.5) is 0 Å². The van der Waals surface area contributed by atoms with Crippen molar-refractivity contribution in [3.63, 3.8) is 0 Å². The minimum absolute atomic E-state index is 0.119. The largest absolute Gasteiger partial charge is 0.468 e. The van der Waals surface area contributed by atoms with Gasteiger partial charge in [0.2, 0.25) is 0 Å². The summed E-state index contributed by atoms with van der Waals surface area (Å²) in [5.74, 6) is 0.204. The molecule has 2 rings (SSSR count). The van der Waals surface area contributed by atoms with Crippen molar-refractivity contribution in [2.75, 3.05) is 26.7 Å². The topological polar surface area (TPSA) is 55.6 Å². The van der Waals surface area contributed by atoms with E-state index in [2.05, 4.69) is 17.0 Å². The summed E-state index contributed by atoms with van der Waals surface area (Å²) in [5.41, 5.74) is 7.37. The second-order valence-corrected chi connectivity index (χ2v) is 4.87. The molecule has 2 unspecified atom stereocenters. The minimum atomic E-state index is -0.198. The van der Waals surface area contributed by atoms with E-state index < -0.39 is 0 Å². The molecule has 0 radical (unpaired) electrons. The van der Waals surface area contributed by atoms with Gasteiger partial charge < -0.3 is 10.5 Å². The number of nitrogens with zero attached hydrogens (tertiary/aromatic N) is 1. The van der Waals surface area contributed by atoms with E-state index in [1.807, 2.05) is 18.2 Å². The Bertz CT molecular complexity index is 394. The molecule has 4 nitrogen and oxygen atoms in total. The number of benzene rings is 1. The number of esters is 1. The maximum absolute atomic E-state index is 11.3. The molecule has 2 N–H and O–H groups in total. The molecule has 4 heteroatoms. The molecule has 1 aromatic carbocycles. The normalized spacial score (nSPS) is 24.8. The average molecular weight is 248 g/mol. The third kappa shape index (κ3) is 3.31. The molecular weight excluding hydrogens is 228 g/mol. The third-order valence-electron chi connectivity index (χ3n) is 3.41. The van der Waals surface area contributed by atoms with Gasteiger partial charge in [0, 0.05) is 19.1 Å². The SMILES string of the molecule is COC(=O)CN1CC(N)CC(c2ccccc2)C1. The van der Waals surface area contributed by atoms with E-state index in [4.69, 9.17) is 10.5 Å². The molecule has 18 heavy (non-hydrogen) atoms. The summed E-state index contributed by atoms with van der Waals surface area (Å²) >= 11 is 0. The molecular formula is C14H20N2O2. The predicted octanol–water partition coefficient (Wildman–Crippen LogP) is 0.976. The van der Waals surface area contributed by atoms with Gasteiger partial charge in [-0.05, 0) is 17.9 Å². The molecule has 0 spiro atoms. The van der Waals surface area contributed by atoms with Gasteiger partial charge in [0.25, 0.3) is 0 Å². The van der Waals surface area contributed by atoms with Crippen molar-refractivity contribution >= 4 is 5.97 Å². The average Bonchev–Trinajstić information content (AvgIpc) is 2.39. The van der Waals surface area contributed by atoms with Crippen LogP contribution in [-0.4, -0.2) is 43.7 Å². The van der Waals surface area contributed by atoms with Crippen molar-refractivity contribution in [1.82, 2.24) is 4.90 Å². The van der Waals surface area contributed by atoms with E-state index in [1.54, 1.807) is 0 Å². The van der Waals surface area contributed by atoms with Gasteiger partial charge in [-0.25, -0.2) is 0 Å². The zero-order chi connectivity index (χ0) is 13.0. The van der Waals surface area contributed by atoms with Gasteiger partial charge in [0.1, 0.15) is 0 Å². The van der Waals surface area contributed by atoms with Crippen LogP contribution in [0.3, 0.4) is 0 Å². The van der Waals surface area contributed by atoms with Crippen LogP contribution in [0.1, 0.15) is 17.9 Å². The van der Waals surface area contributed by atoms with E-state index in [9.17, 15) is 4.79 Å². The Morgan fingerprint density at radius 1 is 1.39 bits per heavy atom. The lowest BCUT2D eigenvalue weighted by molar-refractivity contribution is -0.142. The molecule has 98 valence electrons. The van der Waals surface area contributed by atoms with Gasteiger partial charge in [0.05, 0.1) is 13.7 Å². The second-order valence-electron chi connectivity index (χ2n) is 4.87. The first-order valence-corrected chi connectivity index (χ1v) is 6.28. The number of hydrogen-bond acceptors (Lipinski definition) is 4. The molecule has 1 aliphatic rings. The van der Waals surface area contributed by atoms with E-state index in [0.717, 1.165) is 19.5 Å². The fourth-order valence-electron chi connectivity index (χ4n) is 2.58. The van der Waals surface area contributed by atoms with Crippen LogP contribution in [0, 0.1) is 0 Å². The van der Waals surface area contributed by atoms with Gasteiger partial charge in [-0.15, -0.1) is 0 Å². The Balaban J connectivity index is 2.03. The number of piperidine rings is 1. The van der Waals surface area contributed by atoms with Crippen molar-refractivity contribution in [3.05, 3.63) is 35.9 Å². The molecule has 1 saturated heterocycles. The van der Waals surface area contributed by atoms with Crippen LogP contribution in [0.2, 0.25) is 0 Å². The number of carbonyl (C=O) groups is 1. The molecule has 0 aromatic heterocycles. The minimum Gasteiger partial charge on any atom is -0.468 e. The lowest BCUT2D eigenvalue weighted by Crippen LogP contribution is -2.48. The van der Waals surface area contributed by atoms with Gasteiger partial charge in [-0.2, -0.15) is 0 Å². The summed E-state index contributed by atoms with van der Waals surface area (Å²) in [6, 6.07) is 10.5. The van der Waals surface area contributed by atoms with Crippen LogP contribution in [0.5, 0.6) is 0 Å². The fraction of sp³-hybridized carbons (Fsp3) is 0.500. The Morgan fingerprint density at radius 3 is 2.78 bits per heavy atom. The van der Waals surface area contributed by atoms with Crippen LogP contribution < -0.4 is 5.73 Å². The molecule has 1 aliphatic heterocycles. The van der Waals surface area contributed by atoms with Crippen molar-refractivity contribution in [1.29, 1.82) is 0 Å². The summed E-state index contributed by atoms with van der Waals surface area (Å²) < 4.78 is 4.71. The van der Waals surface area contributed by atoms with Crippen LogP contribution in [-0.2, 0) is 9.53 Å². The molecule has 1 heterocycles. The standard InChI is InChI=1S/C14H20N2O2/c1-18-14(17)10-16-8-12(7-13(15)9-16)11-5-3-2-4-6-11/h2-6,12-13H,7-10,15H2,1H3. The quantitative estimate of drug-likeness (QED) is 0.810. The highest BCUT2D eigenvalue weighted by Crippen LogP contribution is 2.26.